The number of rotatable bonds is 5. The fourth-order valence-corrected chi connectivity index (χ4v) is 3.11. The van der Waals surface area contributed by atoms with Gasteiger partial charge in [-0.2, -0.15) is 5.10 Å². The number of aliphatic carboxylic acids is 1. The van der Waals surface area contributed by atoms with E-state index in [0.717, 1.165) is 16.9 Å². The van der Waals surface area contributed by atoms with Crippen LogP contribution in [-0.4, -0.2) is 28.9 Å². The first-order chi connectivity index (χ1) is 11.6. The molecule has 0 saturated carbocycles. The Morgan fingerprint density at radius 1 is 1.17 bits per heavy atom. The van der Waals surface area contributed by atoms with Gasteiger partial charge in [-0.05, 0) is 30.2 Å². The molecule has 124 valence electrons. The largest absolute Gasteiger partial charge is 0.497 e. The zero-order chi connectivity index (χ0) is 17.1. The summed E-state index contributed by atoms with van der Waals surface area (Å²) < 4.78 is 5.19. The van der Waals surface area contributed by atoms with Gasteiger partial charge in [-0.25, -0.2) is 0 Å². The summed E-state index contributed by atoms with van der Waals surface area (Å²) in [5.41, 5.74) is 2.64. The molecule has 0 aliphatic carbocycles. The number of hydrazone groups is 1. The third kappa shape index (κ3) is 3.11. The Balaban J connectivity index is 1.94. The third-order valence-electron chi connectivity index (χ3n) is 4.28. The van der Waals surface area contributed by atoms with E-state index >= 15 is 0 Å². The fourth-order valence-electron chi connectivity index (χ4n) is 3.11. The van der Waals surface area contributed by atoms with E-state index in [-0.39, 0.29) is 6.04 Å². The zero-order valence-corrected chi connectivity index (χ0v) is 13.7. The molecule has 2 atom stereocenters. The quantitative estimate of drug-likeness (QED) is 0.916. The van der Waals surface area contributed by atoms with Crippen molar-refractivity contribution < 1.29 is 14.6 Å². The second-order valence-corrected chi connectivity index (χ2v) is 5.86. The highest BCUT2D eigenvalue weighted by atomic mass is 16.5. The van der Waals surface area contributed by atoms with Crippen LogP contribution in [0.2, 0.25) is 0 Å². The first-order valence-corrected chi connectivity index (χ1v) is 7.82. The molecule has 5 nitrogen and oxygen atoms in total. The van der Waals surface area contributed by atoms with E-state index in [0.29, 0.717) is 12.3 Å². The molecular weight excluding hydrogens is 304 g/mol. The van der Waals surface area contributed by atoms with Crippen LogP contribution in [0.15, 0.2) is 59.7 Å². The second kappa shape index (κ2) is 6.74. The molecule has 24 heavy (non-hydrogen) atoms. The second-order valence-electron chi connectivity index (χ2n) is 5.86. The summed E-state index contributed by atoms with van der Waals surface area (Å²) in [6, 6.07) is 17.1. The Hall–Kier alpha value is -2.82. The summed E-state index contributed by atoms with van der Waals surface area (Å²) in [5.74, 6) is -0.759. The first kappa shape index (κ1) is 16.1. The van der Waals surface area contributed by atoms with Crippen LogP contribution in [0.25, 0.3) is 0 Å². The van der Waals surface area contributed by atoms with Gasteiger partial charge in [-0.15, -0.1) is 0 Å². The molecule has 0 bridgehead atoms. The highest BCUT2D eigenvalue weighted by molar-refractivity contribution is 6.02. The number of nitrogens with zero attached hydrogens (tertiary/aromatic N) is 2. The molecule has 2 aromatic rings. The van der Waals surface area contributed by atoms with E-state index in [4.69, 9.17) is 4.74 Å². The average molecular weight is 324 g/mol. The minimum absolute atomic E-state index is 0.325. The van der Waals surface area contributed by atoms with Crippen molar-refractivity contribution in [3.05, 3.63) is 65.7 Å². The molecule has 1 aliphatic rings. The van der Waals surface area contributed by atoms with Crippen LogP contribution < -0.4 is 4.74 Å². The van der Waals surface area contributed by atoms with Gasteiger partial charge in [0, 0.05) is 0 Å². The number of ether oxygens (including phenoxy) is 1. The molecule has 0 aromatic heterocycles. The highest BCUT2D eigenvalue weighted by Gasteiger charge is 2.41. The molecule has 0 radical (unpaired) electrons. The summed E-state index contributed by atoms with van der Waals surface area (Å²) in [7, 11) is 1.61. The maximum Gasteiger partial charge on any atom is 0.314 e. The fraction of sp³-hybridized carbons (Fsp3) is 0.263. The maximum absolute atomic E-state index is 11.8. The summed E-state index contributed by atoms with van der Waals surface area (Å²) in [6.07, 6.45) is 0. The van der Waals surface area contributed by atoms with E-state index in [1.807, 2.05) is 59.6 Å². The SMILES string of the molecule is COc1ccc(C2C(C(=O)O)C(C)=NN2Cc2ccccc2)cc1. The Morgan fingerprint density at radius 3 is 2.42 bits per heavy atom. The van der Waals surface area contributed by atoms with Gasteiger partial charge in [0.1, 0.15) is 11.7 Å². The van der Waals surface area contributed by atoms with Crippen LogP contribution in [0.5, 0.6) is 5.75 Å². The van der Waals surface area contributed by atoms with Gasteiger partial charge in [-0.1, -0.05) is 42.5 Å². The van der Waals surface area contributed by atoms with E-state index in [1.165, 1.54) is 0 Å². The highest BCUT2D eigenvalue weighted by Crippen LogP contribution is 2.37. The van der Waals surface area contributed by atoms with Crippen LogP contribution in [0, 0.1) is 5.92 Å². The molecule has 1 heterocycles. The van der Waals surface area contributed by atoms with Gasteiger partial charge >= 0.3 is 5.97 Å². The maximum atomic E-state index is 11.8. The van der Waals surface area contributed by atoms with Crippen LogP contribution >= 0.6 is 0 Å². The van der Waals surface area contributed by atoms with Gasteiger partial charge in [0.15, 0.2) is 0 Å². The van der Waals surface area contributed by atoms with Crippen LogP contribution in [-0.2, 0) is 11.3 Å². The Morgan fingerprint density at radius 2 is 1.83 bits per heavy atom. The Bertz CT molecular complexity index is 741. The molecule has 3 rings (SSSR count). The lowest BCUT2D eigenvalue weighted by molar-refractivity contribution is -0.140. The van der Waals surface area contributed by atoms with Crippen molar-refractivity contribution in [2.24, 2.45) is 11.0 Å². The summed E-state index contributed by atoms with van der Waals surface area (Å²) in [6.45, 7) is 2.35. The normalized spacial score (nSPS) is 19.9. The summed E-state index contributed by atoms with van der Waals surface area (Å²) in [5, 5.41) is 16.1. The average Bonchev–Trinajstić information content (AvgIpc) is 2.92. The molecule has 0 fully saturated rings. The van der Waals surface area contributed by atoms with Gasteiger partial charge in [0.2, 0.25) is 0 Å². The lowest BCUT2D eigenvalue weighted by atomic mass is 9.90. The van der Waals surface area contributed by atoms with Crippen molar-refractivity contribution in [2.45, 2.75) is 19.5 Å². The molecule has 0 saturated heterocycles. The van der Waals surface area contributed by atoms with E-state index in [9.17, 15) is 9.90 Å². The molecule has 2 unspecified atom stereocenters. The van der Waals surface area contributed by atoms with Gasteiger partial charge in [0.25, 0.3) is 0 Å². The topological polar surface area (TPSA) is 62.1 Å². The van der Waals surface area contributed by atoms with Crippen molar-refractivity contribution in [3.63, 3.8) is 0 Å². The smallest absolute Gasteiger partial charge is 0.314 e. The van der Waals surface area contributed by atoms with Crippen LogP contribution in [0.3, 0.4) is 0 Å². The molecule has 1 aliphatic heterocycles. The van der Waals surface area contributed by atoms with E-state index in [1.54, 1.807) is 14.0 Å². The number of hydrogen-bond acceptors (Lipinski definition) is 4. The van der Waals surface area contributed by atoms with Crippen molar-refractivity contribution in [3.8, 4) is 5.75 Å². The molecule has 2 aromatic carbocycles. The molecular formula is C19H20N2O3. The minimum Gasteiger partial charge on any atom is -0.497 e. The summed E-state index contributed by atoms with van der Waals surface area (Å²) in [4.78, 5) is 11.8. The number of benzene rings is 2. The van der Waals surface area contributed by atoms with Crippen molar-refractivity contribution in [1.82, 2.24) is 5.01 Å². The molecule has 0 spiro atoms. The standard InChI is InChI=1S/C19H20N2O3/c1-13-17(19(22)23)18(15-8-10-16(24-2)11-9-15)21(20-13)12-14-6-4-3-5-7-14/h3-11,17-18H,12H2,1-2H3,(H,22,23). The van der Waals surface area contributed by atoms with Crippen molar-refractivity contribution in [2.75, 3.05) is 7.11 Å². The van der Waals surface area contributed by atoms with E-state index < -0.39 is 11.9 Å². The molecule has 0 amide bonds. The van der Waals surface area contributed by atoms with Crippen LogP contribution in [0.1, 0.15) is 24.1 Å². The molecule has 1 N–H and O–H groups in total. The lowest BCUT2D eigenvalue weighted by Gasteiger charge is -2.27. The third-order valence-corrected chi connectivity index (χ3v) is 4.28. The number of methoxy groups -OCH3 is 1. The predicted molar refractivity (Wildman–Crippen MR) is 92.0 cm³/mol. The zero-order valence-electron chi connectivity index (χ0n) is 13.7. The predicted octanol–water partition coefficient (Wildman–Crippen LogP) is 3.33. The summed E-state index contributed by atoms with van der Waals surface area (Å²) >= 11 is 0. The van der Waals surface area contributed by atoms with Crippen molar-refractivity contribution in [1.29, 1.82) is 0 Å². The minimum atomic E-state index is -0.854. The molecule has 5 heteroatoms. The van der Waals surface area contributed by atoms with E-state index in [2.05, 4.69) is 5.10 Å². The van der Waals surface area contributed by atoms with Gasteiger partial charge in [0.05, 0.1) is 25.4 Å². The Labute approximate surface area is 141 Å². The van der Waals surface area contributed by atoms with Crippen LogP contribution in [0.4, 0.5) is 0 Å². The number of carboxylic acid groups (broad SMARTS) is 1. The van der Waals surface area contributed by atoms with Gasteiger partial charge < -0.3 is 9.84 Å². The first-order valence-electron chi connectivity index (χ1n) is 7.82. The van der Waals surface area contributed by atoms with Crippen molar-refractivity contribution >= 4 is 11.7 Å². The number of carbonyl (C=O) groups is 1. The lowest BCUT2D eigenvalue weighted by Crippen LogP contribution is -2.30. The number of hydrogen-bond donors (Lipinski definition) is 1. The number of carboxylic acids is 1. The monoisotopic (exact) mass is 324 g/mol. The van der Waals surface area contributed by atoms with Gasteiger partial charge in [-0.3, -0.25) is 9.80 Å². The Kier molecular flexibility index (Phi) is 4.51.